The highest BCUT2D eigenvalue weighted by Gasteiger charge is 2.22. The van der Waals surface area contributed by atoms with Crippen molar-refractivity contribution in [3.05, 3.63) is 35.0 Å². The fraction of sp³-hybridized carbons (Fsp3) is 0.500. The van der Waals surface area contributed by atoms with Crippen LogP contribution in [0.5, 0.6) is 0 Å². The molecule has 0 aliphatic carbocycles. The molecule has 0 unspecified atom stereocenters. The second-order valence-electron chi connectivity index (χ2n) is 5.60. The van der Waals surface area contributed by atoms with E-state index in [1.165, 1.54) is 35.0 Å². The van der Waals surface area contributed by atoms with Crippen molar-refractivity contribution in [3.8, 4) is 0 Å². The lowest BCUT2D eigenvalue weighted by molar-refractivity contribution is 0.460. The summed E-state index contributed by atoms with van der Waals surface area (Å²) < 4.78 is 2.35. The molecule has 96 valence electrons. The van der Waals surface area contributed by atoms with E-state index in [0.29, 0.717) is 0 Å². The molecule has 0 bridgehead atoms. The van der Waals surface area contributed by atoms with Crippen molar-refractivity contribution in [3.63, 3.8) is 0 Å². The largest absolute Gasteiger partial charge is 0.348 e. The van der Waals surface area contributed by atoms with E-state index in [0.717, 1.165) is 19.0 Å². The number of nitrogens with zero attached hydrogens (tertiary/aromatic N) is 1. The Morgan fingerprint density at radius 1 is 1.17 bits per heavy atom. The molecule has 18 heavy (non-hydrogen) atoms. The summed E-state index contributed by atoms with van der Waals surface area (Å²) in [6.07, 6.45) is 2.54. The monoisotopic (exact) mass is 242 g/mol. The molecule has 1 fully saturated rings. The number of hydrogen-bond acceptors (Lipinski definition) is 1. The van der Waals surface area contributed by atoms with Crippen LogP contribution in [-0.2, 0) is 7.05 Å². The third-order valence-electron chi connectivity index (χ3n) is 4.44. The van der Waals surface area contributed by atoms with Gasteiger partial charge in [-0.2, -0.15) is 0 Å². The first-order chi connectivity index (χ1) is 8.68. The van der Waals surface area contributed by atoms with E-state index < -0.39 is 0 Å². The quantitative estimate of drug-likeness (QED) is 0.812. The smallest absolute Gasteiger partial charge is 0.0482 e. The van der Waals surface area contributed by atoms with Crippen LogP contribution in [-0.4, -0.2) is 17.7 Å². The minimum absolute atomic E-state index is 0.733. The van der Waals surface area contributed by atoms with Crippen molar-refractivity contribution in [2.75, 3.05) is 13.1 Å². The summed E-state index contributed by atoms with van der Waals surface area (Å²) in [5.41, 5.74) is 5.79. The summed E-state index contributed by atoms with van der Waals surface area (Å²) in [6, 6.07) is 6.84. The van der Waals surface area contributed by atoms with Gasteiger partial charge in [-0.1, -0.05) is 11.6 Å². The average Bonchev–Trinajstić information content (AvgIpc) is 2.63. The molecule has 2 nitrogen and oxygen atoms in total. The third kappa shape index (κ3) is 1.76. The highest BCUT2D eigenvalue weighted by Crippen LogP contribution is 2.35. The molecule has 2 heteroatoms. The molecule has 0 saturated carbocycles. The second-order valence-corrected chi connectivity index (χ2v) is 5.60. The maximum absolute atomic E-state index is 3.46. The molecule has 1 saturated heterocycles. The van der Waals surface area contributed by atoms with Gasteiger partial charge in [0.2, 0.25) is 0 Å². The molecule has 0 spiro atoms. The summed E-state index contributed by atoms with van der Waals surface area (Å²) in [4.78, 5) is 0. The van der Waals surface area contributed by atoms with Crippen LogP contribution in [0.2, 0.25) is 0 Å². The second kappa shape index (κ2) is 4.43. The van der Waals surface area contributed by atoms with Gasteiger partial charge in [-0.25, -0.2) is 0 Å². The Bertz CT molecular complexity index is 574. The molecule has 1 N–H and O–H groups in total. The number of hydrogen-bond donors (Lipinski definition) is 1. The van der Waals surface area contributed by atoms with E-state index in [-0.39, 0.29) is 0 Å². The van der Waals surface area contributed by atoms with Gasteiger partial charge in [0, 0.05) is 23.6 Å². The predicted molar refractivity (Wildman–Crippen MR) is 77.2 cm³/mol. The number of aromatic nitrogens is 1. The van der Waals surface area contributed by atoms with Crippen LogP contribution in [0.25, 0.3) is 10.9 Å². The van der Waals surface area contributed by atoms with Gasteiger partial charge in [-0.05, 0) is 63.4 Å². The fourth-order valence-corrected chi connectivity index (χ4v) is 3.34. The summed E-state index contributed by atoms with van der Waals surface area (Å²) >= 11 is 0. The lowest BCUT2D eigenvalue weighted by Gasteiger charge is -2.23. The number of aryl methyl sites for hydroxylation is 2. The Kier molecular flexibility index (Phi) is 2.90. The minimum Gasteiger partial charge on any atom is -0.348 e. The summed E-state index contributed by atoms with van der Waals surface area (Å²) in [5, 5.41) is 4.94. The van der Waals surface area contributed by atoms with Crippen molar-refractivity contribution in [2.45, 2.75) is 32.6 Å². The Hall–Kier alpha value is -1.28. The molecule has 2 heterocycles. The maximum Gasteiger partial charge on any atom is 0.0482 e. The molecule has 0 atom stereocenters. The topological polar surface area (TPSA) is 17.0 Å². The standard InChI is InChI=1S/C16H22N2/c1-11-4-5-15-14(10-11)16(12(2)18(15)3)13-6-8-17-9-7-13/h4-5,10,13,17H,6-9H2,1-3H3. The van der Waals surface area contributed by atoms with E-state index in [9.17, 15) is 0 Å². The third-order valence-corrected chi connectivity index (χ3v) is 4.44. The molecule has 3 rings (SSSR count). The van der Waals surface area contributed by atoms with Crippen LogP contribution in [0.3, 0.4) is 0 Å². The molecule has 0 radical (unpaired) electrons. The van der Waals surface area contributed by atoms with Crippen molar-refractivity contribution in [1.29, 1.82) is 0 Å². The molecule has 1 aromatic carbocycles. The number of fused-ring (bicyclic) bond motifs is 1. The lowest BCUT2D eigenvalue weighted by Crippen LogP contribution is -2.26. The SMILES string of the molecule is Cc1ccc2c(c1)c(C1CCNCC1)c(C)n2C. The minimum atomic E-state index is 0.733. The maximum atomic E-state index is 3.46. The highest BCUT2D eigenvalue weighted by atomic mass is 14.9. The van der Waals surface area contributed by atoms with Crippen LogP contribution in [0, 0.1) is 13.8 Å². The van der Waals surface area contributed by atoms with Gasteiger partial charge in [0.15, 0.2) is 0 Å². The van der Waals surface area contributed by atoms with Crippen LogP contribution in [0.4, 0.5) is 0 Å². The van der Waals surface area contributed by atoms with Crippen molar-refractivity contribution >= 4 is 10.9 Å². The van der Waals surface area contributed by atoms with E-state index in [4.69, 9.17) is 0 Å². The van der Waals surface area contributed by atoms with Crippen LogP contribution >= 0.6 is 0 Å². The van der Waals surface area contributed by atoms with E-state index in [1.54, 1.807) is 5.56 Å². The van der Waals surface area contributed by atoms with Gasteiger partial charge in [-0.15, -0.1) is 0 Å². The zero-order chi connectivity index (χ0) is 12.7. The highest BCUT2D eigenvalue weighted by molar-refractivity contribution is 5.86. The normalized spacial score (nSPS) is 17.5. The van der Waals surface area contributed by atoms with Gasteiger partial charge >= 0.3 is 0 Å². The average molecular weight is 242 g/mol. The first kappa shape index (κ1) is 11.8. The van der Waals surface area contributed by atoms with Crippen molar-refractivity contribution in [1.82, 2.24) is 9.88 Å². The Morgan fingerprint density at radius 2 is 1.89 bits per heavy atom. The summed E-state index contributed by atoms with van der Waals surface area (Å²) in [7, 11) is 2.19. The Balaban J connectivity index is 2.20. The van der Waals surface area contributed by atoms with Gasteiger partial charge in [-0.3, -0.25) is 0 Å². The zero-order valence-electron chi connectivity index (χ0n) is 11.6. The molecule has 0 amide bonds. The molecular weight excluding hydrogens is 220 g/mol. The molecule has 2 aromatic rings. The molecule has 1 aliphatic heterocycles. The molecular formula is C16H22N2. The molecule has 1 aromatic heterocycles. The number of nitrogens with one attached hydrogen (secondary N) is 1. The van der Waals surface area contributed by atoms with Crippen LogP contribution in [0.1, 0.15) is 35.6 Å². The van der Waals surface area contributed by atoms with Gasteiger partial charge in [0.05, 0.1) is 0 Å². The molecule has 1 aliphatic rings. The van der Waals surface area contributed by atoms with Crippen molar-refractivity contribution in [2.24, 2.45) is 7.05 Å². The van der Waals surface area contributed by atoms with Crippen molar-refractivity contribution < 1.29 is 0 Å². The van der Waals surface area contributed by atoms with E-state index >= 15 is 0 Å². The number of piperidine rings is 1. The van der Waals surface area contributed by atoms with E-state index in [2.05, 4.69) is 49.0 Å². The van der Waals surface area contributed by atoms with Gasteiger partial charge < -0.3 is 9.88 Å². The Labute approximate surface area is 109 Å². The predicted octanol–water partition coefficient (Wildman–Crippen LogP) is 3.26. The Morgan fingerprint density at radius 3 is 2.61 bits per heavy atom. The first-order valence-corrected chi connectivity index (χ1v) is 6.94. The first-order valence-electron chi connectivity index (χ1n) is 6.94. The van der Waals surface area contributed by atoms with Gasteiger partial charge in [0.1, 0.15) is 0 Å². The lowest BCUT2D eigenvalue weighted by atomic mass is 9.88. The number of benzene rings is 1. The van der Waals surface area contributed by atoms with Gasteiger partial charge in [0.25, 0.3) is 0 Å². The van der Waals surface area contributed by atoms with Crippen LogP contribution < -0.4 is 5.32 Å². The summed E-state index contributed by atoms with van der Waals surface area (Å²) in [5.74, 6) is 0.733. The number of rotatable bonds is 1. The summed E-state index contributed by atoms with van der Waals surface area (Å²) in [6.45, 7) is 6.78. The van der Waals surface area contributed by atoms with Crippen LogP contribution in [0.15, 0.2) is 18.2 Å². The van der Waals surface area contributed by atoms with E-state index in [1.807, 2.05) is 0 Å². The zero-order valence-corrected chi connectivity index (χ0v) is 11.6. The fourth-order valence-electron chi connectivity index (χ4n) is 3.34.